The van der Waals surface area contributed by atoms with E-state index in [1.807, 2.05) is 71.3 Å². The number of ether oxygens (including phenoxy) is 1. The molecule has 0 N–H and O–H groups in total. The van der Waals surface area contributed by atoms with Crippen LogP contribution in [0, 0.1) is 0 Å². The summed E-state index contributed by atoms with van der Waals surface area (Å²) in [6, 6.07) is 21.9. The molecule has 27 heavy (non-hydrogen) atoms. The molecule has 0 atom stereocenters. The van der Waals surface area contributed by atoms with Gasteiger partial charge in [0.25, 0.3) is 5.56 Å². The monoisotopic (exact) mass is 357 g/mol. The summed E-state index contributed by atoms with van der Waals surface area (Å²) in [4.78, 5) is 21.0. The van der Waals surface area contributed by atoms with Gasteiger partial charge < -0.3 is 9.30 Å². The lowest BCUT2D eigenvalue weighted by molar-refractivity contribution is 0.185. The van der Waals surface area contributed by atoms with Crippen molar-refractivity contribution in [1.82, 2.24) is 14.5 Å². The van der Waals surface area contributed by atoms with E-state index in [2.05, 4.69) is 9.97 Å². The van der Waals surface area contributed by atoms with E-state index in [4.69, 9.17) is 4.74 Å². The van der Waals surface area contributed by atoms with Crippen molar-refractivity contribution in [3.05, 3.63) is 94.5 Å². The summed E-state index contributed by atoms with van der Waals surface area (Å²) in [5.41, 5.74) is 4.73. The fourth-order valence-electron chi connectivity index (χ4n) is 3.14. The molecule has 0 aliphatic rings. The topological polar surface area (TPSA) is 57.0 Å². The summed E-state index contributed by atoms with van der Waals surface area (Å²) < 4.78 is 7.15. The van der Waals surface area contributed by atoms with Crippen LogP contribution in [0.5, 0.6) is 0 Å². The molecular formula is C22H19N3O2. The van der Waals surface area contributed by atoms with Gasteiger partial charge in [-0.05, 0) is 29.3 Å². The highest BCUT2D eigenvalue weighted by Gasteiger charge is 2.09. The van der Waals surface area contributed by atoms with Gasteiger partial charge in [0.2, 0.25) is 0 Å². The van der Waals surface area contributed by atoms with Gasteiger partial charge in [-0.15, -0.1) is 0 Å². The first-order valence-electron chi connectivity index (χ1n) is 8.73. The van der Waals surface area contributed by atoms with Crippen molar-refractivity contribution in [2.75, 3.05) is 7.11 Å². The molecule has 0 aliphatic heterocycles. The fourth-order valence-corrected chi connectivity index (χ4v) is 3.14. The Bertz CT molecular complexity index is 1140. The van der Waals surface area contributed by atoms with Crippen LogP contribution in [-0.4, -0.2) is 21.6 Å². The van der Waals surface area contributed by atoms with Gasteiger partial charge in [0.1, 0.15) is 0 Å². The van der Waals surface area contributed by atoms with Gasteiger partial charge in [-0.25, -0.2) is 4.98 Å². The van der Waals surface area contributed by atoms with Crippen LogP contribution in [-0.2, 0) is 17.9 Å². The number of hydrogen-bond acceptors (Lipinski definition) is 4. The van der Waals surface area contributed by atoms with E-state index in [0.717, 1.165) is 27.9 Å². The minimum atomic E-state index is -0.316. The van der Waals surface area contributed by atoms with E-state index < -0.39 is 0 Å². The number of fused-ring (bicyclic) bond motifs is 1. The van der Waals surface area contributed by atoms with Crippen LogP contribution >= 0.6 is 0 Å². The third-order valence-corrected chi connectivity index (χ3v) is 4.43. The van der Waals surface area contributed by atoms with Gasteiger partial charge in [0.15, 0.2) is 5.52 Å². The van der Waals surface area contributed by atoms with Crippen LogP contribution in [0.4, 0.5) is 0 Å². The zero-order valence-electron chi connectivity index (χ0n) is 15.0. The number of aromatic nitrogens is 3. The standard InChI is InChI=1S/C22H19N3O2/c1-27-14-17-8-5-9-18(12-17)19-10-11-20-21(24-19)22(26)23-15-25(20)13-16-6-3-2-4-7-16/h2-12,15H,13-14H2,1H3. The summed E-state index contributed by atoms with van der Waals surface area (Å²) in [5.74, 6) is 0. The van der Waals surface area contributed by atoms with Gasteiger partial charge in [0, 0.05) is 19.2 Å². The molecule has 0 radical (unpaired) electrons. The maximum Gasteiger partial charge on any atom is 0.299 e. The second kappa shape index (κ2) is 7.51. The predicted molar refractivity (Wildman–Crippen MR) is 105 cm³/mol. The normalized spacial score (nSPS) is 11.0. The first-order valence-corrected chi connectivity index (χ1v) is 8.73. The zero-order chi connectivity index (χ0) is 18.6. The molecule has 0 fully saturated rings. The Kier molecular flexibility index (Phi) is 4.77. The van der Waals surface area contributed by atoms with Gasteiger partial charge in [0.05, 0.1) is 24.1 Å². The molecule has 134 valence electrons. The van der Waals surface area contributed by atoms with Gasteiger partial charge in [-0.2, -0.15) is 4.98 Å². The van der Waals surface area contributed by atoms with Crippen LogP contribution in [0.1, 0.15) is 11.1 Å². The maximum atomic E-state index is 12.3. The van der Waals surface area contributed by atoms with E-state index in [9.17, 15) is 4.79 Å². The minimum Gasteiger partial charge on any atom is -0.380 e. The van der Waals surface area contributed by atoms with Crippen molar-refractivity contribution in [2.45, 2.75) is 13.2 Å². The van der Waals surface area contributed by atoms with E-state index >= 15 is 0 Å². The predicted octanol–water partition coefficient (Wildman–Crippen LogP) is 3.65. The maximum absolute atomic E-state index is 12.3. The molecule has 5 heteroatoms. The molecule has 0 aliphatic carbocycles. The highest BCUT2D eigenvalue weighted by molar-refractivity contribution is 5.77. The van der Waals surface area contributed by atoms with Crippen LogP contribution in [0.15, 0.2) is 77.9 Å². The van der Waals surface area contributed by atoms with E-state index in [0.29, 0.717) is 18.7 Å². The molecule has 2 aromatic carbocycles. The first kappa shape index (κ1) is 17.1. The number of methoxy groups -OCH3 is 1. The highest BCUT2D eigenvalue weighted by atomic mass is 16.5. The molecule has 0 spiro atoms. The third-order valence-electron chi connectivity index (χ3n) is 4.43. The summed E-state index contributed by atoms with van der Waals surface area (Å²) >= 11 is 0. The average Bonchev–Trinajstić information content (AvgIpc) is 2.71. The minimum absolute atomic E-state index is 0.316. The highest BCUT2D eigenvalue weighted by Crippen LogP contribution is 2.21. The average molecular weight is 357 g/mol. The first-order chi connectivity index (χ1) is 13.2. The van der Waals surface area contributed by atoms with Crippen molar-refractivity contribution in [3.8, 4) is 11.3 Å². The zero-order valence-corrected chi connectivity index (χ0v) is 15.0. The van der Waals surface area contributed by atoms with Crippen LogP contribution in [0.3, 0.4) is 0 Å². The molecule has 2 aromatic heterocycles. The Balaban J connectivity index is 1.77. The molecular weight excluding hydrogens is 338 g/mol. The molecule has 0 amide bonds. The molecule has 0 saturated carbocycles. The molecule has 4 rings (SSSR count). The molecule has 5 nitrogen and oxygen atoms in total. The summed E-state index contributed by atoms with van der Waals surface area (Å²) in [5, 5.41) is 0. The largest absolute Gasteiger partial charge is 0.380 e. The second-order valence-corrected chi connectivity index (χ2v) is 6.36. The van der Waals surface area contributed by atoms with Gasteiger partial charge >= 0.3 is 0 Å². The number of rotatable bonds is 5. The summed E-state index contributed by atoms with van der Waals surface area (Å²) in [6.07, 6.45) is 1.58. The third kappa shape index (κ3) is 3.64. The number of pyridine rings is 1. The number of nitrogens with zero attached hydrogens (tertiary/aromatic N) is 3. The lowest BCUT2D eigenvalue weighted by atomic mass is 10.1. The van der Waals surface area contributed by atoms with Crippen molar-refractivity contribution in [1.29, 1.82) is 0 Å². The van der Waals surface area contributed by atoms with Gasteiger partial charge in [-0.3, -0.25) is 4.79 Å². The lowest BCUT2D eigenvalue weighted by Crippen LogP contribution is -2.14. The van der Waals surface area contributed by atoms with Crippen LogP contribution < -0.4 is 5.56 Å². The summed E-state index contributed by atoms with van der Waals surface area (Å²) in [6.45, 7) is 1.17. The molecule has 2 heterocycles. The number of benzene rings is 2. The van der Waals surface area contributed by atoms with E-state index in [-0.39, 0.29) is 5.56 Å². The Morgan fingerprint density at radius 2 is 1.78 bits per heavy atom. The Morgan fingerprint density at radius 1 is 0.963 bits per heavy atom. The van der Waals surface area contributed by atoms with Crippen molar-refractivity contribution in [3.63, 3.8) is 0 Å². The SMILES string of the molecule is COCc1cccc(-c2ccc3c(n2)c(=O)ncn3Cc2ccccc2)c1. The quantitative estimate of drug-likeness (QED) is 0.547. The van der Waals surface area contributed by atoms with Gasteiger partial charge in [-0.1, -0.05) is 48.5 Å². The Labute approximate surface area is 156 Å². The Hall–Kier alpha value is -3.31. The Morgan fingerprint density at radius 3 is 2.59 bits per heavy atom. The molecule has 0 unspecified atom stereocenters. The van der Waals surface area contributed by atoms with Crippen LogP contribution in [0.2, 0.25) is 0 Å². The molecule has 0 bridgehead atoms. The smallest absolute Gasteiger partial charge is 0.299 e. The van der Waals surface area contributed by atoms with Crippen molar-refractivity contribution >= 4 is 11.0 Å². The van der Waals surface area contributed by atoms with E-state index in [1.165, 1.54) is 0 Å². The number of hydrogen-bond donors (Lipinski definition) is 0. The molecule has 4 aromatic rings. The lowest BCUT2D eigenvalue weighted by Gasteiger charge is -2.11. The fraction of sp³-hybridized carbons (Fsp3) is 0.136. The summed E-state index contributed by atoms with van der Waals surface area (Å²) in [7, 11) is 1.67. The van der Waals surface area contributed by atoms with Crippen molar-refractivity contribution < 1.29 is 4.74 Å². The van der Waals surface area contributed by atoms with E-state index in [1.54, 1.807) is 13.4 Å². The van der Waals surface area contributed by atoms with Crippen LogP contribution in [0.25, 0.3) is 22.3 Å². The second-order valence-electron chi connectivity index (χ2n) is 6.36. The van der Waals surface area contributed by atoms with Crippen molar-refractivity contribution in [2.24, 2.45) is 0 Å². The molecule has 0 saturated heterocycles.